The van der Waals surface area contributed by atoms with Crippen molar-refractivity contribution in [2.45, 2.75) is 26.1 Å². The molecule has 1 unspecified atom stereocenters. The smallest absolute Gasteiger partial charge is 0.377 e. The lowest BCUT2D eigenvalue weighted by Crippen LogP contribution is -2.17. The van der Waals surface area contributed by atoms with Crippen molar-refractivity contribution in [3.63, 3.8) is 0 Å². The van der Waals surface area contributed by atoms with Crippen molar-refractivity contribution in [1.29, 1.82) is 0 Å². The van der Waals surface area contributed by atoms with Gasteiger partial charge in [0.2, 0.25) is 0 Å². The Morgan fingerprint density at radius 3 is 2.14 bits per heavy atom. The molecular formula is C16H17F3N2. The SMILES string of the molecule is CC(C)C(Nc1ccc(C(F)(F)F)nc1)c1ccccc1. The van der Waals surface area contributed by atoms with E-state index in [0.29, 0.717) is 5.69 Å². The third-order valence-corrected chi connectivity index (χ3v) is 3.20. The van der Waals surface area contributed by atoms with Crippen molar-refractivity contribution in [2.75, 3.05) is 5.32 Å². The molecule has 0 spiro atoms. The van der Waals surface area contributed by atoms with Crippen LogP contribution in [0.2, 0.25) is 0 Å². The predicted octanol–water partition coefficient (Wildman–Crippen LogP) is 4.91. The van der Waals surface area contributed by atoms with Crippen LogP contribution in [0.5, 0.6) is 0 Å². The van der Waals surface area contributed by atoms with E-state index >= 15 is 0 Å². The summed E-state index contributed by atoms with van der Waals surface area (Å²) < 4.78 is 37.5. The van der Waals surface area contributed by atoms with Gasteiger partial charge in [-0.1, -0.05) is 44.2 Å². The normalized spacial score (nSPS) is 13.2. The van der Waals surface area contributed by atoms with Crippen LogP contribution in [0.25, 0.3) is 0 Å². The molecule has 1 atom stereocenters. The van der Waals surface area contributed by atoms with E-state index in [1.165, 1.54) is 12.3 Å². The van der Waals surface area contributed by atoms with Crippen LogP contribution in [-0.2, 0) is 6.18 Å². The first kappa shape index (κ1) is 15.4. The fourth-order valence-corrected chi connectivity index (χ4v) is 2.12. The fraction of sp³-hybridized carbons (Fsp3) is 0.312. The summed E-state index contributed by atoms with van der Waals surface area (Å²) in [5.41, 5.74) is 0.784. The number of pyridine rings is 1. The van der Waals surface area contributed by atoms with Gasteiger partial charge in [0.25, 0.3) is 0 Å². The van der Waals surface area contributed by atoms with E-state index in [1.54, 1.807) is 0 Å². The number of nitrogens with zero attached hydrogens (tertiary/aromatic N) is 1. The molecule has 2 rings (SSSR count). The molecule has 112 valence electrons. The Morgan fingerprint density at radius 2 is 1.67 bits per heavy atom. The van der Waals surface area contributed by atoms with Crippen molar-refractivity contribution >= 4 is 5.69 Å². The zero-order valence-electron chi connectivity index (χ0n) is 11.9. The Morgan fingerprint density at radius 1 is 1.00 bits per heavy atom. The second-order valence-electron chi connectivity index (χ2n) is 5.21. The minimum absolute atomic E-state index is 0.0183. The standard InChI is InChI=1S/C16H17F3N2/c1-11(2)15(12-6-4-3-5-7-12)21-13-8-9-14(20-10-13)16(17,18)19/h3-11,15,21H,1-2H3. The van der Waals surface area contributed by atoms with E-state index in [0.717, 1.165) is 11.6 Å². The Labute approximate surface area is 122 Å². The van der Waals surface area contributed by atoms with Crippen LogP contribution < -0.4 is 5.32 Å². The van der Waals surface area contributed by atoms with Gasteiger partial charge in [-0.2, -0.15) is 13.2 Å². The minimum Gasteiger partial charge on any atom is -0.377 e. The first-order valence-corrected chi connectivity index (χ1v) is 6.72. The summed E-state index contributed by atoms with van der Waals surface area (Å²) in [6, 6.07) is 12.2. The number of benzene rings is 1. The quantitative estimate of drug-likeness (QED) is 0.866. The molecule has 1 heterocycles. The lowest BCUT2D eigenvalue weighted by atomic mass is 9.96. The lowest BCUT2D eigenvalue weighted by Gasteiger charge is -2.24. The zero-order valence-corrected chi connectivity index (χ0v) is 11.9. The number of hydrogen-bond donors (Lipinski definition) is 1. The number of rotatable bonds is 4. The number of aromatic nitrogens is 1. The van der Waals surface area contributed by atoms with E-state index in [-0.39, 0.29) is 12.0 Å². The molecule has 1 aromatic heterocycles. The first-order valence-electron chi connectivity index (χ1n) is 6.72. The second kappa shape index (κ2) is 6.16. The molecule has 0 saturated heterocycles. The molecule has 0 fully saturated rings. The molecule has 0 radical (unpaired) electrons. The molecule has 0 aliphatic rings. The van der Waals surface area contributed by atoms with Crippen LogP contribution in [-0.4, -0.2) is 4.98 Å². The summed E-state index contributed by atoms with van der Waals surface area (Å²) in [5, 5.41) is 3.24. The van der Waals surface area contributed by atoms with E-state index in [9.17, 15) is 13.2 Å². The monoisotopic (exact) mass is 294 g/mol. The first-order chi connectivity index (χ1) is 9.88. The Balaban J connectivity index is 2.18. The highest BCUT2D eigenvalue weighted by molar-refractivity contribution is 5.44. The van der Waals surface area contributed by atoms with Gasteiger partial charge in [-0.05, 0) is 23.6 Å². The molecule has 2 nitrogen and oxygen atoms in total. The third kappa shape index (κ3) is 3.97. The van der Waals surface area contributed by atoms with Gasteiger partial charge in [0.05, 0.1) is 17.9 Å². The maximum atomic E-state index is 12.5. The summed E-state index contributed by atoms with van der Waals surface area (Å²) in [6.07, 6.45) is -3.18. The van der Waals surface area contributed by atoms with Crippen LogP contribution in [0.3, 0.4) is 0 Å². The van der Waals surface area contributed by atoms with Crippen molar-refractivity contribution in [3.8, 4) is 0 Å². The summed E-state index contributed by atoms with van der Waals surface area (Å²) in [5.74, 6) is 0.287. The lowest BCUT2D eigenvalue weighted by molar-refractivity contribution is -0.141. The molecule has 0 amide bonds. The minimum atomic E-state index is -4.41. The number of halogens is 3. The summed E-state index contributed by atoms with van der Waals surface area (Å²) in [6.45, 7) is 4.12. The number of nitrogens with one attached hydrogen (secondary N) is 1. The largest absolute Gasteiger partial charge is 0.433 e. The average molecular weight is 294 g/mol. The molecule has 0 aliphatic heterocycles. The van der Waals surface area contributed by atoms with Crippen molar-refractivity contribution in [2.24, 2.45) is 5.92 Å². The van der Waals surface area contributed by atoms with Crippen LogP contribution >= 0.6 is 0 Å². The van der Waals surface area contributed by atoms with E-state index < -0.39 is 11.9 Å². The number of alkyl halides is 3. The molecule has 0 bridgehead atoms. The van der Waals surface area contributed by atoms with Crippen molar-refractivity contribution in [1.82, 2.24) is 4.98 Å². The fourth-order valence-electron chi connectivity index (χ4n) is 2.12. The van der Waals surface area contributed by atoms with Crippen LogP contribution in [0.1, 0.15) is 31.1 Å². The van der Waals surface area contributed by atoms with Gasteiger partial charge in [-0.3, -0.25) is 0 Å². The van der Waals surface area contributed by atoms with Gasteiger partial charge < -0.3 is 5.32 Å². The summed E-state index contributed by atoms with van der Waals surface area (Å²) >= 11 is 0. The molecule has 21 heavy (non-hydrogen) atoms. The molecule has 5 heteroatoms. The number of anilines is 1. The second-order valence-corrected chi connectivity index (χ2v) is 5.21. The van der Waals surface area contributed by atoms with Gasteiger partial charge in [-0.15, -0.1) is 0 Å². The topological polar surface area (TPSA) is 24.9 Å². The zero-order chi connectivity index (χ0) is 15.5. The van der Waals surface area contributed by atoms with Crippen LogP contribution in [0, 0.1) is 5.92 Å². The Bertz CT molecular complexity index is 562. The Hall–Kier alpha value is -2.04. The Kier molecular flexibility index (Phi) is 4.50. The molecule has 0 aliphatic carbocycles. The molecule has 1 N–H and O–H groups in total. The number of hydrogen-bond acceptors (Lipinski definition) is 2. The average Bonchev–Trinajstić information content (AvgIpc) is 2.45. The molecule has 1 aromatic carbocycles. The van der Waals surface area contributed by atoms with Crippen molar-refractivity contribution < 1.29 is 13.2 Å². The van der Waals surface area contributed by atoms with Gasteiger partial charge in [0, 0.05) is 0 Å². The summed E-state index contributed by atoms with van der Waals surface area (Å²) in [4.78, 5) is 3.47. The van der Waals surface area contributed by atoms with E-state index in [2.05, 4.69) is 24.1 Å². The van der Waals surface area contributed by atoms with Gasteiger partial charge in [0.15, 0.2) is 0 Å². The molecule has 0 saturated carbocycles. The highest BCUT2D eigenvalue weighted by Gasteiger charge is 2.32. The predicted molar refractivity (Wildman–Crippen MR) is 76.9 cm³/mol. The van der Waals surface area contributed by atoms with Crippen LogP contribution in [0.4, 0.5) is 18.9 Å². The maximum absolute atomic E-state index is 12.5. The highest BCUT2D eigenvalue weighted by atomic mass is 19.4. The maximum Gasteiger partial charge on any atom is 0.433 e. The van der Waals surface area contributed by atoms with Crippen LogP contribution in [0.15, 0.2) is 48.7 Å². The summed E-state index contributed by atoms with van der Waals surface area (Å²) in [7, 11) is 0. The van der Waals surface area contributed by atoms with Gasteiger partial charge in [0.1, 0.15) is 5.69 Å². The van der Waals surface area contributed by atoms with Gasteiger partial charge in [-0.25, -0.2) is 4.98 Å². The highest BCUT2D eigenvalue weighted by Crippen LogP contribution is 2.30. The van der Waals surface area contributed by atoms with E-state index in [4.69, 9.17) is 0 Å². The molecule has 2 aromatic rings. The third-order valence-electron chi connectivity index (χ3n) is 3.20. The van der Waals surface area contributed by atoms with Gasteiger partial charge >= 0.3 is 6.18 Å². The van der Waals surface area contributed by atoms with E-state index in [1.807, 2.05) is 30.3 Å². The van der Waals surface area contributed by atoms with Crippen molar-refractivity contribution in [3.05, 3.63) is 59.9 Å². The molecular weight excluding hydrogens is 277 g/mol.